The summed E-state index contributed by atoms with van der Waals surface area (Å²) < 4.78 is 4.42. The summed E-state index contributed by atoms with van der Waals surface area (Å²) in [6.45, 7) is 6.70. The van der Waals surface area contributed by atoms with Crippen LogP contribution in [0.5, 0.6) is 0 Å². The molecule has 1 saturated carbocycles. The highest BCUT2D eigenvalue weighted by molar-refractivity contribution is 6.32. The van der Waals surface area contributed by atoms with Gasteiger partial charge in [0.25, 0.3) is 0 Å². The normalized spacial score (nSPS) is 20.5. The van der Waals surface area contributed by atoms with E-state index < -0.39 is 0 Å². The van der Waals surface area contributed by atoms with E-state index in [1.54, 1.807) is 6.33 Å². The number of hydrogen-bond donors (Lipinski definition) is 2. The monoisotopic (exact) mass is 583 g/mol. The molecule has 2 aliphatic rings. The molecule has 9 nitrogen and oxygen atoms in total. The fourth-order valence-corrected chi connectivity index (χ4v) is 6.99. The van der Waals surface area contributed by atoms with E-state index in [4.69, 9.17) is 27.3 Å². The molecule has 3 N–H and O–H groups in total. The molecule has 0 bridgehead atoms. The summed E-state index contributed by atoms with van der Waals surface area (Å²) in [5.74, 6) is 1.29. The predicted octanol–water partition coefficient (Wildman–Crippen LogP) is 6.00. The summed E-state index contributed by atoms with van der Waals surface area (Å²) in [6, 6.07) is 13.4. The summed E-state index contributed by atoms with van der Waals surface area (Å²) >= 11 is 6.34. The van der Waals surface area contributed by atoms with Gasteiger partial charge in [-0.15, -0.1) is 0 Å². The van der Waals surface area contributed by atoms with Crippen LogP contribution in [-0.2, 0) is 7.05 Å². The van der Waals surface area contributed by atoms with Crippen molar-refractivity contribution in [2.24, 2.45) is 7.05 Å². The van der Waals surface area contributed by atoms with Gasteiger partial charge in [0.1, 0.15) is 17.8 Å². The van der Waals surface area contributed by atoms with Gasteiger partial charge in [0.2, 0.25) is 5.95 Å². The number of piperazine rings is 1. The first-order valence-electron chi connectivity index (χ1n) is 14.9. The molecule has 0 spiro atoms. The van der Waals surface area contributed by atoms with Gasteiger partial charge in [-0.25, -0.2) is 15.0 Å². The molecular formula is C32H38ClN9. The third-order valence-electron chi connectivity index (χ3n) is 9.44. The molecule has 218 valence electrons. The van der Waals surface area contributed by atoms with Crippen molar-refractivity contribution in [2.75, 3.05) is 44.3 Å². The minimum Gasteiger partial charge on any atom is -0.383 e. The number of nitrogens with one attached hydrogen (secondary N) is 1. The Balaban J connectivity index is 1.13. The zero-order valence-corrected chi connectivity index (χ0v) is 25.3. The molecule has 10 heteroatoms. The molecule has 0 radical (unpaired) electrons. The van der Waals surface area contributed by atoms with Gasteiger partial charge in [-0.1, -0.05) is 23.7 Å². The zero-order valence-electron chi connectivity index (χ0n) is 24.5. The Morgan fingerprint density at radius 1 is 0.905 bits per heavy atom. The van der Waals surface area contributed by atoms with E-state index in [1.807, 2.05) is 26.1 Å². The molecule has 42 heavy (non-hydrogen) atoms. The second-order valence-corrected chi connectivity index (χ2v) is 12.4. The molecule has 1 aliphatic heterocycles. The highest BCUT2D eigenvalue weighted by atomic mass is 35.5. The van der Waals surface area contributed by atoms with E-state index in [-0.39, 0.29) is 0 Å². The van der Waals surface area contributed by atoms with Gasteiger partial charge in [0.05, 0.1) is 16.4 Å². The van der Waals surface area contributed by atoms with Crippen molar-refractivity contribution in [1.29, 1.82) is 0 Å². The Kier molecular flexibility index (Phi) is 7.04. The molecule has 1 saturated heterocycles. The summed E-state index contributed by atoms with van der Waals surface area (Å²) in [5, 5.41) is 5.13. The van der Waals surface area contributed by atoms with Gasteiger partial charge in [0.15, 0.2) is 0 Å². The van der Waals surface area contributed by atoms with Crippen LogP contribution >= 0.6 is 11.6 Å². The molecule has 2 fully saturated rings. The van der Waals surface area contributed by atoms with Crippen LogP contribution in [0.25, 0.3) is 33.2 Å². The van der Waals surface area contributed by atoms with Crippen molar-refractivity contribution in [3.8, 4) is 11.1 Å². The molecule has 3 aromatic heterocycles. The largest absolute Gasteiger partial charge is 0.383 e. The van der Waals surface area contributed by atoms with Gasteiger partial charge in [-0.3, -0.25) is 4.90 Å². The van der Waals surface area contributed by atoms with Gasteiger partial charge < -0.3 is 25.1 Å². The van der Waals surface area contributed by atoms with Gasteiger partial charge >= 0.3 is 0 Å². The topological polar surface area (TPSA) is 93.1 Å². The molecule has 0 amide bonds. The zero-order chi connectivity index (χ0) is 29.0. The average Bonchev–Trinajstić information content (AvgIpc) is 3.55. The highest BCUT2D eigenvalue weighted by Crippen LogP contribution is 2.39. The first-order chi connectivity index (χ1) is 20.4. The number of likely N-dealkylation sites (N-methyl/N-ethyl adjacent to an activating group) is 1. The molecule has 5 aromatic rings. The number of rotatable bonds is 5. The van der Waals surface area contributed by atoms with Crippen LogP contribution in [0.2, 0.25) is 5.02 Å². The third-order valence-corrected chi connectivity index (χ3v) is 9.85. The van der Waals surface area contributed by atoms with Crippen molar-refractivity contribution >= 4 is 51.1 Å². The number of nitrogens with zero attached hydrogens (tertiary/aromatic N) is 7. The van der Waals surface area contributed by atoms with E-state index >= 15 is 0 Å². The molecule has 4 heterocycles. The Morgan fingerprint density at radius 3 is 2.36 bits per heavy atom. The van der Waals surface area contributed by atoms with Crippen molar-refractivity contribution in [3.63, 3.8) is 0 Å². The van der Waals surface area contributed by atoms with Crippen LogP contribution in [0.15, 0.2) is 48.9 Å². The number of halogens is 1. The van der Waals surface area contributed by atoms with E-state index in [1.165, 1.54) is 39.0 Å². The van der Waals surface area contributed by atoms with Crippen LogP contribution in [0.4, 0.5) is 17.5 Å². The second-order valence-electron chi connectivity index (χ2n) is 11.9. The van der Waals surface area contributed by atoms with E-state index in [9.17, 15) is 0 Å². The molecule has 0 atom stereocenters. The van der Waals surface area contributed by atoms with Gasteiger partial charge in [-0.05, 0) is 75.0 Å². The molecule has 2 aromatic carbocycles. The number of aromatic nitrogens is 5. The van der Waals surface area contributed by atoms with Crippen LogP contribution in [-0.4, -0.2) is 73.2 Å². The minimum absolute atomic E-state index is 0.412. The lowest BCUT2D eigenvalue weighted by Crippen LogP contribution is -2.49. The summed E-state index contributed by atoms with van der Waals surface area (Å²) in [4.78, 5) is 19.0. The van der Waals surface area contributed by atoms with E-state index in [2.05, 4.69) is 66.7 Å². The lowest BCUT2D eigenvalue weighted by Gasteiger charge is -2.41. The number of fused-ring (bicyclic) bond motifs is 2. The summed E-state index contributed by atoms with van der Waals surface area (Å²) in [5.41, 5.74) is 13.4. The number of imidazole rings is 1. The highest BCUT2D eigenvalue weighted by Gasteiger charge is 2.30. The molecule has 7 rings (SSSR count). The fraction of sp³-hybridized carbons (Fsp3) is 0.406. The quantitative estimate of drug-likeness (QED) is 0.262. The van der Waals surface area contributed by atoms with Crippen LogP contribution < -0.4 is 11.1 Å². The number of aryl methyl sites for hydroxylation is 2. The van der Waals surface area contributed by atoms with Crippen molar-refractivity contribution in [1.82, 2.24) is 33.9 Å². The lowest BCUT2D eigenvalue weighted by molar-refractivity contribution is 0.0828. The van der Waals surface area contributed by atoms with Gasteiger partial charge in [-0.2, -0.15) is 0 Å². The first-order valence-corrected chi connectivity index (χ1v) is 15.3. The number of nitrogens with two attached hydrogens (primary N) is 1. The van der Waals surface area contributed by atoms with Crippen molar-refractivity contribution < 1.29 is 0 Å². The number of hydrogen-bond acceptors (Lipinski definition) is 7. The van der Waals surface area contributed by atoms with Crippen LogP contribution in [0.3, 0.4) is 0 Å². The van der Waals surface area contributed by atoms with Crippen molar-refractivity contribution in [3.05, 3.63) is 59.5 Å². The number of nitrogen functional groups attached to an aromatic ring is 1. The predicted molar refractivity (Wildman–Crippen MR) is 171 cm³/mol. The Hall–Kier alpha value is -3.66. The number of benzene rings is 2. The average molecular weight is 584 g/mol. The minimum atomic E-state index is 0.412. The van der Waals surface area contributed by atoms with E-state index in [0.29, 0.717) is 17.9 Å². The standard InChI is InChI=1S/C32H38ClN9/c1-20-26(33)12-13-27-29(20)38-32(40(27)3)37-22-6-4-21(5-7-22)25-18-42(31-28(25)30(34)35-19-36-31)24-10-8-23(9-11-24)41-16-14-39(2)15-17-41/h4-7,12-13,18-19,23-24H,8-11,14-17H2,1-3H3,(H,37,38)(H2,34,35,36). The van der Waals surface area contributed by atoms with Gasteiger partial charge in [0, 0.05) is 67.8 Å². The summed E-state index contributed by atoms with van der Waals surface area (Å²) in [6.07, 6.45) is 8.57. The van der Waals surface area contributed by atoms with Crippen LogP contribution in [0, 0.1) is 6.92 Å². The number of anilines is 3. The van der Waals surface area contributed by atoms with Crippen LogP contribution in [0.1, 0.15) is 37.3 Å². The molecule has 1 aliphatic carbocycles. The third kappa shape index (κ3) is 4.79. The SMILES string of the molecule is Cc1c(Cl)ccc2c1nc(Nc1ccc(-c3cn(C4CCC(N5CCN(C)CC5)CC4)c4ncnc(N)c34)cc1)n2C. The second kappa shape index (κ2) is 10.9. The lowest BCUT2D eigenvalue weighted by atomic mass is 9.89. The Labute approximate surface area is 251 Å². The Bertz CT molecular complexity index is 1740. The Morgan fingerprint density at radius 2 is 1.62 bits per heavy atom. The fourth-order valence-electron chi connectivity index (χ4n) is 6.84. The van der Waals surface area contributed by atoms with Crippen molar-refractivity contribution in [2.45, 2.75) is 44.7 Å². The summed E-state index contributed by atoms with van der Waals surface area (Å²) in [7, 11) is 4.23. The molecular weight excluding hydrogens is 546 g/mol. The maximum Gasteiger partial charge on any atom is 0.208 e. The molecule has 0 unspecified atom stereocenters. The maximum atomic E-state index is 6.47. The smallest absolute Gasteiger partial charge is 0.208 e. The maximum absolute atomic E-state index is 6.47. The van der Waals surface area contributed by atoms with E-state index in [0.717, 1.165) is 68.3 Å². The first kappa shape index (κ1) is 27.2.